The van der Waals surface area contributed by atoms with Gasteiger partial charge in [0.1, 0.15) is 11.6 Å². The molecule has 0 aliphatic carbocycles. The molecule has 3 aromatic heterocycles. The number of methoxy groups -OCH3 is 1. The van der Waals surface area contributed by atoms with Crippen LogP contribution in [-0.2, 0) is 6.54 Å². The minimum Gasteiger partial charge on any atom is -0.495 e. The summed E-state index contributed by atoms with van der Waals surface area (Å²) in [6.07, 6.45) is 5.42. The van der Waals surface area contributed by atoms with E-state index in [9.17, 15) is 4.79 Å². The summed E-state index contributed by atoms with van der Waals surface area (Å²) >= 11 is 6.29. The molecule has 0 saturated heterocycles. The van der Waals surface area contributed by atoms with Crippen molar-refractivity contribution < 1.29 is 4.74 Å². The number of benzene rings is 2. The Kier molecular flexibility index (Phi) is 6.25. The third-order valence-electron chi connectivity index (χ3n) is 5.94. The summed E-state index contributed by atoms with van der Waals surface area (Å²) in [5.74, 6) is 1.18. The van der Waals surface area contributed by atoms with Crippen molar-refractivity contribution in [2.45, 2.75) is 19.5 Å². The van der Waals surface area contributed by atoms with Crippen molar-refractivity contribution in [3.8, 4) is 17.0 Å². The summed E-state index contributed by atoms with van der Waals surface area (Å²) in [4.78, 5) is 24.6. The molecule has 176 valence electrons. The quantitative estimate of drug-likeness (QED) is 0.310. The summed E-state index contributed by atoms with van der Waals surface area (Å²) in [5.41, 5.74) is 4.23. The summed E-state index contributed by atoms with van der Waals surface area (Å²) in [7, 11) is 1.54. The van der Waals surface area contributed by atoms with Crippen LogP contribution in [0.3, 0.4) is 0 Å². The zero-order valence-corrected chi connectivity index (χ0v) is 20.1. The Labute approximate surface area is 207 Å². The number of hydrogen-bond donors (Lipinski definition) is 2. The zero-order chi connectivity index (χ0) is 24.4. The fraction of sp³-hybridized carbons (Fsp3) is 0.148. The molecule has 0 aliphatic heterocycles. The SMILES string of the molecule is COc1cc2[nH]c(=O)c([C@H](C)Nc3cc(-c4cncn4Cc4ccccc4)ccn3)cc2cc1Cl. The predicted octanol–water partition coefficient (Wildman–Crippen LogP) is 5.67. The topological polar surface area (TPSA) is 84.8 Å². The van der Waals surface area contributed by atoms with Gasteiger partial charge in [-0.05, 0) is 36.8 Å². The molecule has 5 rings (SSSR count). The van der Waals surface area contributed by atoms with E-state index in [0.717, 1.165) is 23.2 Å². The van der Waals surface area contributed by atoms with Gasteiger partial charge in [0.15, 0.2) is 0 Å². The lowest BCUT2D eigenvalue weighted by molar-refractivity contribution is 0.415. The number of fused-ring (bicyclic) bond motifs is 1. The van der Waals surface area contributed by atoms with Gasteiger partial charge in [-0.25, -0.2) is 9.97 Å². The van der Waals surface area contributed by atoms with E-state index in [-0.39, 0.29) is 11.6 Å². The lowest BCUT2D eigenvalue weighted by atomic mass is 10.1. The number of H-pyrrole nitrogens is 1. The van der Waals surface area contributed by atoms with Gasteiger partial charge >= 0.3 is 0 Å². The minimum absolute atomic E-state index is 0.182. The maximum Gasteiger partial charge on any atom is 0.253 e. The van der Waals surface area contributed by atoms with Crippen molar-refractivity contribution in [2.75, 3.05) is 12.4 Å². The van der Waals surface area contributed by atoms with Gasteiger partial charge < -0.3 is 19.6 Å². The van der Waals surface area contributed by atoms with Gasteiger partial charge in [0.05, 0.1) is 41.9 Å². The number of anilines is 1. The number of aromatic nitrogens is 4. The Morgan fingerprint density at radius 2 is 1.97 bits per heavy atom. The van der Waals surface area contributed by atoms with Gasteiger partial charge in [-0.15, -0.1) is 0 Å². The van der Waals surface area contributed by atoms with Gasteiger partial charge in [0.25, 0.3) is 5.56 Å². The molecule has 0 amide bonds. The fourth-order valence-corrected chi connectivity index (χ4v) is 4.39. The highest BCUT2D eigenvalue weighted by atomic mass is 35.5. The van der Waals surface area contributed by atoms with Gasteiger partial charge in [-0.2, -0.15) is 0 Å². The molecule has 0 fully saturated rings. The standard InChI is InChI=1S/C27H24ClN5O2/c1-17(21-10-20-11-22(28)25(35-2)13-23(20)32-27(21)34)31-26-12-19(8-9-30-26)24-14-29-16-33(24)15-18-6-4-3-5-7-18/h3-14,16-17H,15H2,1-2H3,(H,30,31)(H,32,34)/t17-/m0/s1. The van der Waals surface area contributed by atoms with E-state index in [0.29, 0.717) is 27.7 Å². The summed E-state index contributed by atoms with van der Waals surface area (Å²) in [6, 6.07) is 19.2. The molecule has 2 aromatic carbocycles. The van der Waals surface area contributed by atoms with Crippen LogP contribution >= 0.6 is 11.6 Å². The van der Waals surface area contributed by atoms with E-state index in [1.165, 1.54) is 5.56 Å². The van der Waals surface area contributed by atoms with Crippen LogP contribution in [0.5, 0.6) is 5.75 Å². The number of aromatic amines is 1. The predicted molar refractivity (Wildman–Crippen MR) is 139 cm³/mol. The van der Waals surface area contributed by atoms with Crippen molar-refractivity contribution in [1.29, 1.82) is 0 Å². The highest BCUT2D eigenvalue weighted by Crippen LogP contribution is 2.30. The Morgan fingerprint density at radius 1 is 1.14 bits per heavy atom. The first kappa shape index (κ1) is 22.7. The van der Waals surface area contributed by atoms with Crippen molar-refractivity contribution in [3.05, 3.63) is 106 Å². The van der Waals surface area contributed by atoms with Crippen molar-refractivity contribution in [2.24, 2.45) is 0 Å². The van der Waals surface area contributed by atoms with Crippen molar-refractivity contribution in [1.82, 2.24) is 19.5 Å². The molecule has 0 aliphatic rings. The number of halogens is 1. The number of nitrogens with zero attached hydrogens (tertiary/aromatic N) is 3. The van der Waals surface area contributed by atoms with Gasteiger partial charge in [-0.1, -0.05) is 41.9 Å². The highest BCUT2D eigenvalue weighted by molar-refractivity contribution is 6.32. The smallest absolute Gasteiger partial charge is 0.253 e. The summed E-state index contributed by atoms with van der Waals surface area (Å²) in [6.45, 7) is 2.65. The number of rotatable bonds is 7. The van der Waals surface area contributed by atoms with Crippen LogP contribution in [0, 0.1) is 0 Å². The van der Waals surface area contributed by atoms with E-state index in [2.05, 4.69) is 37.0 Å². The molecule has 5 aromatic rings. The molecule has 7 nitrogen and oxygen atoms in total. The van der Waals surface area contributed by atoms with E-state index in [1.807, 2.05) is 55.8 Å². The van der Waals surface area contributed by atoms with Gasteiger partial charge in [0, 0.05) is 35.3 Å². The molecule has 3 heterocycles. The third-order valence-corrected chi connectivity index (χ3v) is 6.24. The maximum atomic E-state index is 12.8. The van der Waals surface area contributed by atoms with Crippen LogP contribution in [0.15, 0.2) is 84.2 Å². The minimum atomic E-state index is -0.291. The summed E-state index contributed by atoms with van der Waals surface area (Å²) < 4.78 is 7.35. The highest BCUT2D eigenvalue weighted by Gasteiger charge is 2.14. The maximum absolute atomic E-state index is 12.8. The van der Waals surface area contributed by atoms with Crippen molar-refractivity contribution >= 4 is 28.3 Å². The molecular formula is C27H24ClN5O2. The van der Waals surface area contributed by atoms with Crippen LogP contribution in [-0.4, -0.2) is 26.6 Å². The van der Waals surface area contributed by atoms with Crippen LogP contribution in [0.25, 0.3) is 22.2 Å². The van der Waals surface area contributed by atoms with Crippen molar-refractivity contribution in [3.63, 3.8) is 0 Å². The van der Waals surface area contributed by atoms with Crippen LogP contribution in [0.1, 0.15) is 24.1 Å². The van der Waals surface area contributed by atoms with E-state index >= 15 is 0 Å². The molecule has 2 N–H and O–H groups in total. The monoisotopic (exact) mass is 485 g/mol. The second-order valence-corrected chi connectivity index (χ2v) is 8.72. The normalized spacial score (nSPS) is 12.0. The first-order chi connectivity index (χ1) is 17.0. The molecule has 0 unspecified atom stereocenters. The molecule has 0 saturated carbocycles. The van der Waals surface area contributed by atoms with Crippen LogP contribution < -0.4 is 15.6 Å². The average molecular weight is 486 g/mol. The average Bonchev–Trinajstić information content (AvgIpc) is 3.32. The van der Waals surface area contributed by atoms with Gasteiger partial charge in [0.2, 0.25) is 0 Å². The second kappa shape index (κ2) is 9.64. The molecule has 35 heavy (non-hydrogen) atoms. The Morgan fingerprint density at radius 3 is 2.77 bits per heavy atom. The Bertz CT molecular complexity index is 1540. The molecule has 0 bridgehead atoms. The third kappa shape index (κ3) is 4.76. The number of nitrogens with one attached hydrogen (secondary N) is 2. The molecule has 0 radical (unpaired) electrons. The second-order valence-electron chi connectivity index (χ2n) is 8.32. The van der Waals surface area contributed by atoms with E-state index in [1.54, 1.807) is 25.4 Å². The first-order valence-corrected chi connectivity index (χ1v) is 11.6. The number of imidazole rings is 1. The van der Waals surface area contributed by atoms with E-state index in [4.69, 9.17) is 16.3 Å². The number of ether oxygens (including phenoxy) is 1. The Hall–Kier alpha value is -4.10. The fourth-order valence-electron chi connectivity index (χ4n) is 4.14. The first-order valence-electron chi connectivity index (χ1n) is 11.2. The van der Waals surface area contributed by atoms with Crippen LogP contribution in [0.2, 0.25) is 5.02 Å². The largest absolute Gasteiger partial charge is 0.495 e. The lowest BCUT2D eigenvalue weighted by Crippen LogP contribution is -2.19. The molecule has 0 spiro atoms. The van der Waals surface area contributed by atoms with E-state index < -0.39 is 0 Å². The zero-order valence-electron chi connectivity index (χ0n) is 19.3. The molecule has 8 heteroatoms. The lowest BCUT2D eigenvalue weighted by Gasteiger charge is -2.16. The Balaban J connectivity index is 1.41. The molecule has 1 atom stereocenters. The number of pyridine rings is 2. The molecular weight excluding hydrogens is 462 g/mol. The number of hydrogen-bond acceptors (Lipinski definition) is 5. The van der Waals surface area contributed by atoms with Gasteiger partial charge in [-0.3, -0.25) is 4.79 Å². The summed E-state index contributed by atoms with van der Waals surface area (Å²) in [5, 5.41) is 4.66. The van der Waals surface area contributed by atoms with Crippen LogP contribution in [0.4, 0.5) is 5.82 Å².